The largest absolute Gasteiger partial charge is 0.355 e. The fourth-order valence-electron chi connectivity index (χ4n) is 2.20. The molecule has 0 saturated heterocycles. The highest BCUT2D eigenvalue weighted by Gasteiger charge is 2.25. The normalized spacial score (nSPS) is 21.9. The standard InChI is InChI=1S/C12H22N2O2/c1-3-13-12(16)9-14(2)10-7-5-4-6-8-11(10)15/h10H,3-9H2,1-2H3,(H,13,16). The molecule has 92 valence electrons. The molecule has 1 amide bonds. The molecule has 16 heavy (non-hydrogen) atoms. The molecule has 0 aromatic rings. The molecular weight excluding hydrogens is 204 g/mol. The molecule has 1 unspecified atom stereocenters. The van der Waals surface area contributed by atoms with Crippen LogP contribution in [0.5, 0.6) is 0 Å². The van der Waals surface area contributed by atoms with Gasteiger partial charge < -0.3 is 5.32 Å². The van der Waals surface area contributed by atoms with Crippen molar-refractivity contribution in [2.75, 3.05) is 20.1 Å². The van der Waals surface area contributed by atoms with Crippen LogP contribution < -0.4 is 5.32 Å². The SMILES string of the molecule is CCNC(=O)CN(C)C1CCCCCC1=O. The summed E-state index contributed by atoms with van der Waals surface area (Å²) >= 11 is 0. The van der Waals surface area contributed by atoms with Gasteiger partial charge in [0.1, 0.15) is 5.78 Å². The topological polar surface area (TPSA) is 49.4 Å². The Hall–Kier alpha value is -0.900. The van der Waals surface area contributed by atoms with Gasteiger partial charge in [0.05, 0.1) is 12.6 Å². The number of carbonyl (C=O) groups excluding carboxylic acids is 2. The van der Waals surface area contributed by atoms with Gasteiger partial charge in [0.25, 0.3) is 0 Å². The Morgan fingerprint density at radius 3 is 2.88 bits per heavy atom. The molecule has 0 heterocycles. The van der Waals surface area contributed by atoms with Gasteiger partial charge in [-0.3, -0.25) is 14.5 Å². The van der Waals surface area contributed by atoms with E-state index in [9.17, 15) is 9.59 Å². The Labute approximate surface area is 97.4 Å². The number of amides is 1. The van der Waals surface area contributed by atoms with Crippen molar-refractivity contribution in [2.45, 2.75) is 45.1 Å². The van der Waals surface area contributed by atoms with Gasteiger partial charge in [0.15, 0.2) is 0 Å². The van der Waals surface area contributed by atoms with Crippen molar-refractivity contribution in [3.63, 3.8) is 0 Å². The maximum absolute atomic E-state index is 11.8. The zero-order valence-electron chi connectivity index (χ0n) is 10.3. The number of ketones is 1. The third-order valence-electron chi connectivity index (χ3n) is 3.07. The maximum atomic E-state index is 11.8. The molecule has 1 aliphatic carbocycles. The number of Topliss-reactive ketones (excluding diaryl/α,β-unsaturated/α-hetero) is 1. The Morgan fingerprint density at radius 2 is 2.19 bits per heavy atom. The first-order valence-electron chi connectivity index (χ1n) is 6.14. The Bertz CT molecular complexity index is 253. The molecule has 4 heteroatoms. The number of carbonyl (C=O) groups is 2. The van der Waals surface area contributed by atoms with Gasteiger partial charge in [-0.2, -0.15) is 0 Å². The van der Waals surface area contributed by atoms with Gasteiger partial charge in [-0.15, -0.1) is 0 Å². The van der Waals surface area contributed by atoms with E-state index in [0.29, 0.717) is 25.3 Å². The summed E-state index contributed by atoms with van der Waals surface area (Å²) in [4.78, 5) is 25.1. The summed E-state index contributed by atoms with van der Waals surface area (Å²) in [5.41, 5.74) is 0. The molecule has 4 nitrogen and oxygen atoms in total. The van der Waals surface area contributed by atoms with E-state index in [0.717, 1.165) is 25.7 Å². The van der Waals surface area contributed by atoms with Crippen LogP contribution in [0.25, 0.3) is 0 Å². The number of rotatable bonds is 4. The summed E-state index contributed by atoms with van der Waals surface area (Å²) in [6, 6.07) is -0.0508. The molecular formula is C12H22N2O2. The molecule has 0 aromatic carbocycles. The van der Waals surface area contributed by atoms with E-state index in [-0.39, 0.29) is 11.9 Å². The number of nitrogens with one attached hydrogen (secondary N) is 1. The minimum atomic E-state index is -0.0508. The van der Waals surface area contributed by atoms with Crippen molar-refractivity contribution in [3.8, 4) is 0 Å². The lowest BCUT2D eigenvalue weighted by molar-refractivity contribution is -0.126. The minimum Gasteiger partial charge on any atom is -0.355 e. The van der Waals surface area contributed by atoms with Crippen molar-refractivity contribution in [2.24, 2.45) is 0 Å². The molecule has 1 N–H and O–H groups in total. The summed E-state index contributed by atoms with van der Waals surface area (Å²) < 4.78 is 0. The number of nitrogens with zero attached hydrogens (tertiary/aromatic N) is 1. The molecule has 0 bridgehead atoms. The molecule has 1 aliphatic rings. The third-order valence-corrected chi connectivity index (χ3v) is 3.07. The van der Waals surface area contributed by atoms with E-state index in [1.54, 1.807) is 0 Å². The van der Waals surface area contributed by atoms with Crippen LogP contribution >= 0.6 is 0 Å². The first kappa shape index (κ1) is 13.2. The van der Waals surface area contributed by atoms with Crippen LogP contribution in [0.1, 0.15) is 39.0 Å². The number of hydrogen-bond donors (Lipinski definition) is 1. The summed E-state index contributed by atoms with van der Waals surface area (Å²) in [5.74, 6) is 0.298. The lowest BCUT2D eigenvalue weighted by Crippen LogP contribution is -2.43. The zero-order valence-corrected chi connectivity index (χ0v) is 10.3. The van der Waals surface area contributed by atoms with Crippen LogP contribution in [0.2, 0.25) is 0 Å². The van der Waals surface area contributed by atoms with Gasteiger partial charge in [-0.1, -0.05) is 12.8 Å². The second kappa shape index (κ2) is 6.63. The van der Waals surface area contributed by atoms with Crippen molar-refractivity contribution in [1.29, 1.82) is 0 Å². The Kier molecular flexibility index (Phi) is 5.46. The molecule has 1 atom stereocenters. The Balaban J connectivity index is 2.47. The lowest BCUT2D eigenvalue weighted by atomic mass is 10.1. The van der Waals surface area contributed by atoms with Gasteiger partial charge in [-0.05, 0) is 26.8 Å². The first-order valence-corrected chi connectivity index (χ1v) is 6.14. The van der Waals surface area contributed by atoms with E-state index in [1.165, 1.54) is 0 Å². The average Bonchev–Trinajstić information content (AvgIpc) is 2.43. The molecule has 1 saturated carbocycles. The van der Waals surface area contributed by atoms with Gasteiger partial charge in [0, 0.05) is 13.0 Å². The highest BCUT2D eigenvalue weighted by molar-refractivity contribution is 5.85. The summed E-state index contributed by atoms with van der Waals surface area (Å²) in [6.45, 7) is 2.87. The maximum Gasteiger partial charge on any atom is 0.234 e. The van der Waals surface area contributed by atoms with Gasteiger partial charge in [-0.25, -0.2) is 0 Å². The average molecular weight is 226 g/mol. The summed E-state index contributed by atoms with van der Waals surface area (Å²) in [5, 5.41) is 2.75. The predicted molar refractivity (Wildman–Crippen MR) is 63.2 cm³/mol. The number of hydrogen-bond acceptors (Lipinski definition) is 3. The highest BCUT2D eigenvalue weighted by Crippen LogP contribution is 2.18. The van der Waals surface area contributed by atoms with E-state index >= 15 is 0 Å². The van der Waals surface area contributed by atoms with Crippen molar-refractivity contribution in [3.05, 3.63) is 0 Å². The van der Waals surface area contributed by atoms with Crippen molar-refractivity contribution in [1.82, 2.24) is 10.2 Å². The lowest BCUT2D eigenvalue weighted by Gasteiger charge is -2.25. The summed E-state index contributed by atoms with van der Waals surface area (Å²) in [6.07, 6.45) is 4.80. The highest BCUT2D eigenvalue weighted by atomic mass is 16.2. The quantitative estimate of drug-likeness (QED) is 0.726. The van der Waals surface area contributed by atoms with E-state index in [2.05, 4.69) is 5.32 Å². The minimum absolute atomic E-state index is 0.00190. The van der Waals surface area contributed by atoms with E-state index < -0.39 is 0 Å². The number of likely N-dealkylation sites (N-methyl/N-ethyl adjacent to an activating group) is 2. The fourth-order valence-corrected chi connectivity index (χ4v) is 2.20. The predicted octanol–water partition coefficient (Wildman–Crippen LogP) is 0.956. The van der Waals surface area contributed by atoms with Crippen LogP contribution in [0.3, 0.4) is 0 Å². The smallest absolute Gasteiger partial charge is 0.234 e. The van der Waals surface area contributed by atoms with Crippen LogP contribution in [0.4, 0.5) is 0 Å². The Morgan fingerprint density at radius 1 is 1.44 bits per heavy atom. The molecule has 0 radical (unpaired) electrons. The van der Waals surface area contributed by atoms with Crippen LogP contribution in [-0.4, -0.2) is 42.8 Å². The molecule has 0 aliphatic heterocycles. The summed E-state index contributed by atoms with van der Waals surface area (Å²) in [7, 11) is 1.86. The molecule has 1 rings (SSSR count). The van der Waals surface area contributed by atoms with E-state index in [4.69, 9.17) is 0 Å². The van der Waals surface area contributed by atoms with Gasteiger partial charge >= 0.3 is 0 Å². The van der Waals surface area contributed by atoms with E-state index in [1.807, 2.05) is 18.9 Å². The zero-order chi connectivity index (χ0) is 12.0. The van der Waals surface area contributed by atoms with Crippen LogP contribution in [-0.2, 0) is 9.59 Å². The molecule has 0 spiro atoms. The van der Waals surface area contributed by atoms with Crippen molar-refractivity contribution >= 4 is 11.7 Å². The second-order valence-electron chi connectivity index (χ2n) is 4.45. The van der Waals surface area contributed by atoms with Crippen LogP contribution in [0.15, 0.2) is 0 Å². The second-order valence-corrected chi connectivity index (χ2v) is 4.45. The van der Waals surface area contributed by atoms with Crippen molar-refractivity contribution < 1.29 is 9.59 Å². The molecule has 0 aromatic heterocycles. The molecule has 1 fully saturated rings. The van der Waals surface area contributed by atoms with Gasteiger partial charge in [0.2, 0.25) is 5.91 Å². The van der Waals surface area contributed by atoms with Crippen LogP contribution in [0, 0.1) is 0 Å². The fraction of sp³-hybridized carbons (Fsp3) is 0.833. The first-order chi connectivity index (χ1) is 7.65. The monoisotopic (exact) mass is 226 g/mol. The third kappa shape index (κ3) is 3.93.